The zero-order chi connectivity index (χ0) is 17.0. The van der Waals surface area contributed by atoms with Gasteiger partial charge in [-0.25, -0.2) is 9.97 Å². The van der Waals surface area contributed by atoms with Gasteiger partial charge in [0.25, 0.3) is 0 Å². The lowest BCUT2D eigenvalue weighted by atomic mass is 10.1. The maximum Gasteiger partial charge on any atom is 0.222 e. The number of anilines is 2. The van der Waals surface area contributed by atoms with Crippen molar-refractivity contribution in [1.82, 2.24) is 19.5 Å². The molecule has 25 heavy (non-hydrogen) atoms. The third-order valence-corrected chi connectivity index (χ3v) is 4.40. The molecule has 7 heteroatoms. The van der Waals surface area contributed by atoms with Crippen LogP contribution in [0.5, 0.6) is 0 Å². The molecule has 4 N–H and O–H groups in total. The van der Waals surface area contributed by atoms with Crippen molar-refractivity contribution >= 4 is 44.7 Å². The summed E-state index contributed by atoms with van der Waals surface area (Å²) >= 11 is 0. The van der Waals surface area contributed by atoms with Gasteiger partial charge in [-0.2, -0.15) is 4.98 Å². The molecule has 0 saturated carbocycles. The van der Waals surface area contributed by atoms with Crippen LogP contribution in [0.3, 0.4) is 0 Å². The lowest BCUT2D eigenvalue weighted by molar-refractivity contribution is 0.602. The maximum atomic E-state index is 6.08. The third-order valence-electron chi connectivity index (χ3n) is 4.40. The second kappa shape index (κ2) is 4.94. The molecule has 0 unspecified atom stereocenters. The SMILES string of the molecule is Nc1nc(N)c2c(ccc3c2ccn3Cc2ccc3ocnc3c2)n1. The van der Waals surface area contributed by atoms with Crippen molar-refractivity contribution < 1.29 is 4.42 Å². The number of hydrogen-bond acceptors (Lipinski definition) is 6. The predicted molar refractivity (Wildman–Crippen MR) is 97.0 cm³/mol. The average molecular weight is 330 g/mol. The summed E-state index contributed by atoms with van der Waals surface area (Å²) in [6.45, 7) is 0.716. The Morgan fingerprint density at radius 3 is 2.84 bits per heavy atom. The van der Waals surface area contributed by atoms with E-state index < -0.39 is 0 Å². The number of hydrogen-bond donors (Lipinski definition) is 2. The summed E-state index contributed by atoms with van der Waals surface area (Å²) in [6, 6.07) is 12.0. The Balaban J connectivity index is 1.65. The van der Waals surface area contributed by atoms with Crippen molar-refractivity contribution in [3.05, 3.63) is 54.6 Å². The van der Waals surface area contributed by atoms with Crippen molar-refractivity contribution in [2.24, 2.45) is 0 Å². The Labute approximate surface area is 141 Å². The fourth-order valence-corrected chi connectivity index (χ4v) is 3.29. The van der Waals surface area contributed by atoms with E-state index >= 15 is 0 Å². The number of benzene rings is 2. The van der Waals surface area contributed by atoms with Crippen molar-refractivity contribution in [3.63, 3.8) is 0 Å². The van der Waals surface area contributed by atoms with E-state index in [4.69, 9.17) is 15.9 Å². The fourth-order valence-electron chi connectivity index (χ4n) is 3.29. The summed E-state index contributed by atoms with van der Waals surface area (Å²) < 4.78 is 7.45. The topological polar surface area (TPSA) is 109 Å². The third kappa shape index (κ3) is 2.09. The zero-order valence-corrected chi connectivity index (χ0v) is 13.2. The van der Waals surface area contributed by atoms with E-state index in [2.05, 4.69) is 19.5 Å². The minimum absolute atomic E-state index is 0.185. The number of oxazole rings is 1. The largest absolute Gasteiger partial charge is 0.443 e. The highest BCUT2D eigenvalue weighted by molar-refractivity contribution is 6.10. The van der Waals surface area contributed by atoms with Gasteiger partial charge in [0, 0.05) is 23.6 Å². The highest BCUT2D eigenvalue weighted by Gasteiger charge is 2.11. The standard InChI is InChI=1S/C18H14N6O/c19-17-16-11-5-6-24(14(11)3-2-12(16)22-18(20)23-17)8-10-1-4-15-13(7-10)21-9-25-15/h1-7,9H,8H2,(H4,19,20,22,23). The second-order valence-corrected chi connectivity index (χ2v) is 5.96. The molecule has 0 amide bonds. The Kier molecular flexibility index (Phi) is 2.73. The second-order valence-electron chi connectivity index (χ2n) is 5.96. The van der Waals surface area contributed by atoms with Crippen molar-refractivity contribution in [3.8, 4) is 0 Å². The highest BCUT2D eigenvalue weighted by atomic mass is 16.3. The number of nitrogens with zero attached hydrogens (tertiary/aromatic N) is 4. The van der Waals surface area contributed by atoms with E-state index in [0.717, 1.165) is 38.5 Å². The fraction of sp³-hybridized carbons (Fsp3) is 0.0556. The van der Waals surface area contributed by atoms with Gasteiger partial charge in [0.05, 0.1) is 10.9 Å². The Hall–Kier alpha value is -3.61. The lowest BCUT2D eigenvalue weighted by Gasteiger charge is -2.08. The molecule has 5 aromatic rings. The van der Waals surface area contributed by atoms with E-state index in [1.165, 1.54) is 6.39 Å². The van der Waals surface area contributed by atoms with Crippen molar-refractivity contribution in [2.45, 2.75) is 6.54 Å². The summed E-state index contributed by atoms with van der Waals surface area (Å²) in [5.74, 6) is 0.583. The summed E-state index contributed by atoms with van der Waals surface area (Å²) in [5.41, 5.74) is 16.4. The maximum absolute atomic E-state index is 6.08. The summed E-state index contributed by atoms with van der Waals surface area (Å²) in [5, 5.41) is 1.84. The number of nitrogens with two attached hydrogens (primary N) is 2. The molecule has 3 aromatic heterocycles. The minimum Gasteiger partial charge on any atom is -0.443 e. The molecule has 0 saturated heterocycles. The first-order chi connectivity index (χ1) is 12.2. The van der Waals surface area contributed by atoms with Crippen LogP contribution in [0.4, 0.5) is 11.8 Å². The van der Waals surface area contributed by atoms with Crippen LogP contribution in [-0.4, -0.2) is 19.5 Å². The van der Waals surface area contributed by atoms with E-state index in [1.807, 2.05) is 42.6 Å². The van der Waals surface area contributed by atoms with Crippen LogP contribution in [0.1, 0.15) is 5.56 Å². The van der Waals surface area contributed by atoms with Gasteiger partial charge in [0.15, 0.2) is 12.0 Å². The van der Waals surface area contributed by atoms with Crippen LogP contribution in [-0.2, 0) is 6.54 Å². The number of nitrogen functional groups attached to an aromatic ring is 2. The molecule has 2 aromatic carbocycles. The van der Waals surface area contributed by atoms with Gasteiger partial charge >= 0.3 is 0 Å². The Morgan fingerprint density at radius 1 is 1.00 bits per heavy atom. The van der Waals surface area contributed by atoms with Gasteiger partial charge in [0.2, 0.25) is 5.95 Å². The average Bonchev–Trinajstić information content (AvgIpc) is 3.21. The molecule has 7 nitrogen and oxygen atoms in total. The number of rotatable bonds is 2. The van der Waals surface area contributed by atoms with Gasteiger partial charge in [-0.3, -0.25) is 0 Å². The molecule has 0 fully saturated rings. The van der Waals surface area contributed by atoms with E-state index in [-0.39, 0.29) is 5.95 Å². The first-order valence-electron chi connectivity index (χ1n) is 7.82. The number of aromatic nitrogens is 4. The van der Waals surface area contributed by atoms with Crippen LogP contribution < -0.4 is 11.5 Å². The van der Waals surface area contributed by atoms with Gasteiger partial charge < -0.3 is 20.5 Å². The van der Waals surface area contributed by atoms with Crippen LogP contribution in [0.15, 0.2) is 53.4 Å². The summed E-state index contributed by atoms with van der Waals surface area (Å²) in [4.78, 5) is 12.6. The zero-order valence-electron chi connectivity index (χ0n) is 13.2. The first kappa shape index (κ1) is 13.8. The highest BCUT2D eigenvalue weighted by Crippen LogP contribution is 2.29. The Morgan fingerprint density at radius 2 is 1.92 bits per heavy atom. The molecule has 5 rings (SSSR count). The lowest BCUT2D eigenvalue weighted by Crippen LogP contribution is -2.01. The van der Waals surface area contributed by atoms with Crippen LogP contribution >= 0.6 is 0 Å². The molecule has 0 aliphatic heterocycles. The molecule has 0 aliphatic rings. The molecule has 0 bridgehead atoms. The monoisotopic (exact) mass is 330 g/mol. The molecule has 3 heterocycles. The van der Waals surface area contributed by atoms with Gasteiger partial charge in [-0.05, 0) is 35.9 Å². The molecule has 0 radical (unpaired) electrons. The van der Waals surface area contributed by atoms with Crippen molar-refractivity contribution in [2.75, 3.05) is 11.5 Å². The molecule has 0 atom stereocenters. The van der Waals surface area contributed by atoms with Gasteiger partial charge in [-0.15, -0.1) is 0 Å². The van der Waals surface area contributed by atoms with E-state index in [9.17, 15) is 0 Å². The summed E-state index contributed by atoms with van der Waals surface area (Å²) in [7, 11) is 0. The molecule has 122 valence electrons. The molecule has 0 spiro atoms. The molecule has 0 aliphatic carbocycles. The molecular formula is C18H14N6O. The van der Waals surface area contributed by atoms with Crippen LogP contribution in [0.2, 0.25) is 0 Å². The minimum atomic E-state index is 0.185. The smallest absolute Gasteiger partial charge is 0.222 e. The van der Waals surface area contributed by atoms with Crippen molar-refractivity contribution in [1.29, 1.82) is 0 Å². The molecular weight excluding hydrogens is 316 g/mol. The Bertz CT molecular complexity index is 1250. The van der Waals surface area contributed by atoms with Gasteiger partial charge in [0.1, 0.15) is 11.3 Å². The number of fused-ring (bicyclic) bond motifs is 4. The van der Waals surface area contributed by atoms with E-state index in [1.54, 1.807) is 0 Å². The first-order valence-corrected chi connectivity index (χ1v) is 7.82. The van der Waals surface area contributed by atoms with Crippen LogP contribution in [0.25, 0.3) is 32.9 Å². The van der Waals surface area contributed by atoms with Crippen LogP contribution in [0, 0.1) is 0 Å². The van der Waals surface area contributed by atoms with Gasteiger partial charge in [-0.1, -0.05) is 6.07 Å². The summed E-state index contributed by atoms with van der Waals surface area (Å²) in [6.07, 6.45) is 3.49. The van der Waals surface area contributed by atoms with E-state index in [0.29, 0.717) is 12.4 Å². The normalized spacial score (nSPS) is 11.7. The quantitative estimate of drug-likeness (QED) is 0.515. The predicted octanol–water partition coefficient (Wildman–Crippen LogP) is 2.94.